The number of methoxy groups -OCH3 is 1. The number of carbonyl (C=O) groups excluding carboxylic acids is 3. The van der Waals surface area contributed by atoms with Gasteiger partial charge in [-0.25, -0.2) is 4.79 Å². The highest BCUT2D eigenvalue weighted by Gasteiger charge is 2.30. The third-order valence-corrected chi connectivity index (χ3v) is 5.08. The first-order valence-electron chi connectivity index (χ1n) is 6.55. The molecule has 5 nitrogen and oxygen atoms in total. The van der Waals surface area contributed by atoms with Crippen LogP contribution in [0.4, 0.5) is 5.69 Å². The van der Waals surface area contributed by atoms with Gasteiger partial charge in [0.05, 0.1) is 17.7 Å². The monoisotopic (exact) mass is 439 g/mol. The summed E-state index contributed by atoms with van der Waals surface area (Å²) in [7, 11) is 1.26. The number of anilines is 1. The summed E-state index contributed by atoms with van der Waals surface area (Å²) in [6.07, 6.45) is 1.26. The van der Waals surface area contributed by atoms with Crippen molar-refractivity contribution in [3.8, 4) is 0 Å². The first-order chi connectivity index (χ1) is 11.0. The number of carbonyl (C=O) groups is 3. The number of allylic oxidation sites excluding steroid dienone is 2. The summed E-state index contributed by atoms with van der Waals surface area (Å²) >= 11 is 3.15. The normalized spacial score (nSPS) is 13.4. The summed E-state index contributed by atoms with van der Waals surface area (Å²) in [5.74, 6) is -1.17. The van der Waals surface area contributed by atoms with E-state index in [0.717, 1.165) is 14.9 Å². The minimum Gasteiger partial charge on any atom is -0.465 e. The van der Waals surface area contributed by atoms with Crippen molar-refractivity contribution in [2.45, 2.75) is 0 Å². The van der Waals surface area contributed by atoms with E-state index in [-0.39, 0.29) is 32.6 Å². The maximum atomic E-state index is 12.5. The number of thiophene rings is 1. The zero-order chi connectivity index (χ0) is 16.6. The van der Waals surface area contributed by atoms with E-state index >= 15 is 0 Å². The van der Waals surface area contributed by atoms with Gasteiger partial charge in [0, 0.05) is 20.9 Å². The van der Waals surface area contributed by atoms with Crippen molar-refractivity contribution in [1.82, 2.24) is 0 Å². The summed E-state index contributed by atoms with van der Waals surface area (Å²) in [4.78, 5) is 36.8. The number of hydrogen-bond donors (Lipinski definition) is 1. The molecule has 0 atom stereocenters. The van der Waals surface area contributed by atoms with Crippen LogP contribution >= 0.6 is 33.9 Å². The fraction of sp³-hybridized carbons (Fsp3) is 0.0625. The fourth-order valence-corrected chi connectivity index (χ4v) is 3.48. The molecule has 0 saturated carbocycles. The van der Waals surface area contributed by atoms with Crippen LogP contribution in [0, 0.1) is 3.57 Å². The van der Waals surface area contributed by atoms with Crippen molar-refractivity contribution >= 4 is 57.2 Å². The third-order valence-electron chi connectivity index (χ3n) is 3.23. The predicted octanol–water partition coefficient (Wildman–Crippen LogP) is 3.51. The molecule has 0 amide bonds. The predicted molar refractivity (Wildman–Crippen MR) is 95.2 cm³/mol. The lowest BCUT2D eigenvalue weighted by molar-refractivity contribution is 0.0606. The average molecular weight is 439 g/mol. The SMILES string of the molecule is COC(=O)c1cc2c(s1)C(=O)C=C(Nc1ccc(I)cc1)C2=O. The van der Waals surface area contributed by atoms with E-state index in [1.165, 1.54) is 19.3 Å². The molecule has 1 aromatic carbocycles. The third kappa shape index (κ3) is 3.06. The number of fused-ring (bicyclic) bond motifs is 1. The van der Waals surface area contributed by atoms with E-state index in [4.69, 9.17) is 0 Å². The Morgan fingerprint density at radius 1 is 1.22 bits per heavy atom. The Kier molecular flexibility index (Phi) is 4.31. The van der Waals surface area contributed by atoms with Crippen LogP contribution in [-0.2, 0) is 4.74 Å². The quantitative estimate of drug-likeness (QED) is 0.586. The van der Waals surface area contributed by atoms with Gasteiger partial charge in [0.15, 0.2) is 5.78 Å². The van der Waals surface area contributed by atoms with Crippen molar-refractivity contribution < 1.29 is 19.1 Å². The molecule has 23 heavy (non-hydrogen) atoms. The topological polar surface area (TPSA) is 72.5 Å². The van der Waals surface area contributed by atoms with Gasteiger partial charge in [-0.05, 0) is 52.9 Å². The van der Waals surface area contributed by atoms with Crippen LogP contribution in [0.15, 0.2) is 42.1 Å². The lowest BCUT2D eigenvalue weighted by Gasteiger charge is -2.13. The molecule has 0 radical (unpaired) electrons. The second-order valence-electron chi connectivity index (χ2n) is 4.73. The van der Waals surface area contributed by atoms with Crippen molar-refractivity contribution in [2.24, 2.45) is 0 Å². The highest BCUT2D eigenvalue weighted by Crippen LogP contribution is 2.30. The number of nitrogens with one attached hydrogen (secondary N) is 1. The second kappa shape index (κ2) is 6.25. The van der Waals surface area contributed by atoms with E-state index in [2.05, 4.69) is 32.6 Å². The van der Waals surface area contributed by atoms with Crippen molar-refractivity contribution in [3.05, 3.63) is 61.0 Å². The minimum absolute atomic E-state index is 0.193. The Balaban J connectivity index is 1.92. The van der Waals surface area contributed by atoms with E-state index < -0.39 is 5.97 Å². The molecule has 2 aromatic rings. The maximum absolute atomic E-state index is 12.5. The summed E-state index contributed by atoms with van der Waals surface area (Å²) in [6.45, 7) is 0. The Bertz CT molecular complexity index is 851. The zero-order valence-electron chi connectivity index (χ0n) is 11.9. The van der Waals surface area contributed by atoms with Crippen molar-refractivity contribution in [1.29, 1.82) is 0 Å². The van der Waals surface area contributed by atoms with Gasteiger partial charge in [-0.3, -0.25) is 9.59 Å². The van der Waals surface area contributed by atoms with Crippen LogP contribution in [0.2, 0.25) is 0 Å². The Morgan fingerprint density at radius 3 is 2.57 bits per heavy atom. The highest BCUT2D eigenvalue weighted by atomic mass is 127. The number of Topliss-reactive ketones (excluding diaryl/α,β-unsaturated/α-hetero) is 1. The molecule has 1 aliphatic carbocycles. The molecule has 0 bridgehead atoms. The first-order valence-corrected chi connectivity index (χ1v) is 8.44. The summed E-state index contributed by atoms with van der Waals surface area (Å²) < 4.78 is 5.70. The van der Waals surface area contributed by atoms with Gasteiger partial charge in [-0.2, -0.15) is 0 Å². The molecule has 0 fully saturated rings. The van der Waals surface area contributed by atoms with Crippen LogP contribution in [0.5, 0.6) is 0 Å². The lowest BCUT2D eigenvalue weighted by atomic mass is 10.00. The van der Waals surface area contributed by atoms with E-state index in [0.29, 0.717) is 5.69 Å². The van der Waals surface area contributed by atoms with Gasteiger partial charge in [0.25, 0.3) is 0 Å². The van der Waals surface area contributed by atoms with E-state index in [1.54, 1.807) is 0 Å². The number of esters is 1. The first kappa shape index (κ1) is 15.9. The lowest BCUT2D eigenvalue weighted by Crippen LogP contribution is -2.19. The number of hydrogen-bond acceptors (Lipinski definition) is 6. The average Bonchev–Trinajstić information content (AvgIpc) is 3.00. The van der Waals surface area contributed by atoms with Crippen LogP contribution in [-0.4, -0.2) is 24.6 Å². The Morgan fingerprint density at radius 2 is 1.91 bits per heavy atom. The molecule has 1 heterocycles. The molecular weight excluding hydrogens is 429 g/mol. The van der Waals surface area contributed by atoms with Crippen LogP contribution in [0.25, 0.3) is 0 Å². The Labute approximate surface area is 149 Å². The van der Waals surface area contributed by atoms with Gasteiger partial charge in [0.2, 0.25) is 5.78 Å². The molecule has 1 N–H and O–H groups in total. The number of halogens is 1. The summed E-state index contributed by atoms with van der Waals surface area (Å²) in [5, 5.41) is 2.96. The van der Waals surface area contributed by atoms with Crippen LogP contribution < -0.4 is 5.32 Å². The van der Waals surface area contributed by atoms with Gasteiger partial charge < -0.3 is 10.1 Å². The van der Waals surface area contributed by atoms with Gasteiger partial charge in [0.1, 0.15) is 4.88 Å². The fourth-order valence-electron chi connectivity index (χ4n) is 2.13. The Hall–Kier alpha value is -2.00. The molecule has 0 unspecified atom stereocenters. The van der Waals surface area contributed by atoms with Gasteiger partial charge in [-0.1, -0.05) is 0 Å². The molecule has 1 aliphatic rings. The largest absolute Gasteiger partial charge is 0.465 e. The molecule has 0 aliphatic heterocycles. The number of ether oxygens (including phenoxy) is 1. The summed E-state index contributed by atoms with van der Waals surface area (Å²) in [6, 6.07) is 8.84. The number of benzene rings is 1. The van der Waals surface area contributed by atoms with E-state index in [9.17, 15) is 14.4 Å². The van der Waals surface area contributed by atoms with Gasteiger partial charge in [-0.15, -0.1) is 11.3 Å². The zero-order valence-corrected chi connectivity index (χ0v) is 14.9. The molecule has 3 rings (SSSR count). The van der Waals surface area contributed by atoms with Crippen molar-refractivity contribution in [3.63, 3.8) is 0 Å². The van der Waals surface area contributed by atoms with E-state index in [1.807, 2.05) is 24.3 Å². The molecule has 0 saturated heterocycles. The van der Waals surface area contributed by atoms with Crippen LogP contribution in [0.1, 0.15) is 29.7 Å². The number of ketones is 2. The standard InChI is InChI=1S/C16H10INO4S/c1-22-16(21)13-6-10-14(20)11(7-12(19)15(10)23-13)18-9-4-2-8(17)3-5-9/h2-7,18H,1H3. The molecular formula is C16H10INO4S. The highest BCUT2D eigenvalue weighted by molar-refractivity contribution is 14.1. The smallest absolute Gasteiger partial charge is 0.348 e. The molecule has 116 valence electrons. The maximum Gasteiger partial charge on any atom is 0.348 e. The van der Waals surface area contributed by atoms with Gasteiger partial charge >= 0.3 is 5.97 Å². The molecule has 1 aromatic heterocycles. The second-order valence-corrected chi connectivity index (χ2v) is 7.03. The van der Waals surface area contributed by atoms with Crippen molar-refractivity contribution in [2.75, 3.05) is 12.4 Å². The minimum atomic E-state index is -0.558. The molecule has 7 heteroatoms. The number of rotatable bonds is 3. The summed E-state index contributed by atoms with van der Waals surface area (Å²) in [5.41, 5.74) is 1.14. The van der Waals surface area contributed by atoms with Crippen LogP contribution in [0.3, 0.4) is 0 Å². The molecule has 0 spiro atoms.